The van der Waals surface area contributed by atoms with Gasteiger partial charge in [-0.05, 0) is 25.0 Å². The minimum Gasteiger partial charge on any atom is -0.378 e. The molecule has 2 N–H and O–H groups in total. The lowest BCUT2D eigenvalue weighted by Crippen LogP contribution is -2.32. The molecular formula is C15H22FN3O2. The second-order valence-corrected chi connectivity index (χ2v) is 5.46. The van der Waals surface area contributed by atoms with Crippen molar-refractivity contribution < 1.29 is 9.31 Å². The zero-order valence-electron chi connectivity index (χ0n) is 12.1. The summed E-state index contributed by atoms with van der Waals surface area (Å²) in [7, 11) is 0. The fourth-order valence-electron chi connectivity index (χ4n) is 2.80. The quantitative estimate of drug-likeness (QED) is 0.365. The fraction of sp³-hybridized carbons (Fsp3) is 0.600. The van der Waals surface area contributed by atoms with Gasteiger partial charge in [0.1, 0.15) is 5.69 Å². The molecule has 1 aromatic carbocycles. The molecule has 5 nitrogen and oxygen atoms in total. The summed E-state index contributed by atoms with van der Waals surface area (Å²) in [5.74, 6) is -0.804. The van der Waals surface area contributed by atoms with E-state index in [0.29, 0.717) is 12.6 Å². The Bertz CT molecular complexity index is 474. The topological polar surface area (TPSA) is 67.2 Å². The number of rotatable bonds is 6. The number of nitro groups is 1. The van der Waals surface area contributed by atoms with Crippen molar-refractivity contribution in [1.82, 2.24) is 5.32 Å². The van der Waals surface area contributed by atoms with E-state index >= 15 is 0 Å². The predicted octanol–water partition coefficient (Wildman–Crippen LogP) is 3.46. The van der Waals surface area contributed by atoms with E-state index in [1.165, 1.54) is 50.7 Å². The SMILES string of the molecule is O=[N+]([O-])c1c(F)cccc1NCCNC1CCCCCC1. The standard InChI is InChI=1S/C15H22FN3O2/c16-13-8-5-9-14(15(13)19(20)21)18-11-10-17-12-6-3-1-2-4-7-12/h5,8-9,12,17-18H,1-4,6-7,10-11H2. The third-order valence-electron chi connectivity index (χ3n) is 3.90. The molecular weight excluding hydrogens is 273 g/mol. The van der Waals surface area contributed by atoms with Gasteiger partial charge in [-0.15, -0.1) is 0 Å². The maximum Gasteiger partial charge on any atom is 0.327 e. The monoisotopic (exact) mass is 295 g/mol. The first kappa shape index (κ1) is 15.7. The van der Waals surface area contributed by atoms with Gasteiger partial charge >= 0.3 is 5.69 Å². The highest BCUT2D eigenvalue weighted by Crippen LogP contribution is 2.26. The molecule has 0 saturated heterocycles. The normalized spacial score (nSPS) is 16.4. The fourth-order valence-corrected chi connectivity index (χ4v) is 2.80. The third kappa shape index (κ3) is 4.67. The molecule has 1 aliphatic carbocycles. The Balaban J connectivity index is 1.80. The number of benzene rings is 1. The van der Waals surface area contributed by atoms with Crippen LogP contribution >= 0.6 is 0 Å². The van der Waals surface area contributed by atoms with Crippen LogP contribution in [0.15, 0.2) is 18.2 Å². The summed E-state index contributed by atoms with van der Waals surface area (Å²) in [4.78, 5) is 10.2. The van der Waals surface area contributed by atoms with Gasteiger partial charge in [-0.25, -0.2) is 0 Å². The summed E-state index contributed by atoms with van der Waals surface area (Å²) in [5, 5.41) is 17.3. The van der Waals surface area contributed by atoms with E-state index in [4.69, 9.17) is 0 Å². The van der Waals surface area contributed by atoms with E-state index in [2.05, 4.69) is 10.6 Å². The average molecular weight is 295 g/mol. The molecule has 0 spiro atoms. The molecule has 1 aromatic rings. The summed E-state index contributed by atoms with van der Waals surface area (Å²) in [6, 6.07) is 4.65. The van der Waals surface area contributed by atoms with Crippen LogP contribution in [0.1, 0.15) is 38.5 Å². The zero-order chi connectivity index (χ0) is 15.1. The van der Waals surface area contributed by atoms with Crippen LogP contribution in [0.5, 0.6) is 0 Å². The second kappa shape index (κ2) is 7.93. The molecule has 0 bridgehead atoms. The first-order valence-corrected chi connectivity index (χ1v) is 7.58. The number of hydrogen-bond donors (Lipinski definition) is 2. The molecule has 0 aromatic heterocycles. The van der Waals surface area contributed by atoms with E-state index < -0.39 is 16.4 Å². The van der Waals surface area contributed by atoms with Gasteiger partial charge in [-0.2, -0.15) is 4.39 Å². The minimum atomic E-state index is -0.804. The van der Waals surface area contributed by atoms with Crippen molar-refractivity contribution in [1.29, 1.82) is 0 Å². The van der Waals surface area contributed by atoms with Crippen molar-refractivity contribution >= 4 is 11.4 Å². The number of hydrogen-bond acceptors (Lipinski definition) is 4. The number of nitrogens with zero attached hydrogens (tertiary/aromatic N) is 1. The highest BCUT2D eigenvalue weighted by atomic mass is 19.1. The lowest BCUT2D eigenvalue weighted by molar-refractivity contribution is -0.386. The molecule has 0 amide bonds. The Hall–Kier alpha value is -1.69. The average Bonchev–Trinajstić information content (AvgIpc) is 2.72. The van der Waals surface area contributed by atoms with Crippen LogP contribution in [0.2, 0.25) is 0 Å². The van der Waals surface area contributed by atoms with Gasteiger partial charge in [0.25, 0.3) is 0 Å². The van der Waals surface area contributed by atoms with Crippen LogP contribution in [0.3, 0.4) is 0 Å². The zero-order valence-corrected chi connectivity index (χ0v) is 12.1. The summed E-state index contributed by atoms with van der Waals surface area (Å²) in [5.41, 5.74) is -0.241. The van der Waals surface area contributed by atoms with Crippen molar-refractivity contribution in [2.45, 2.75) is 44.6 Å². The van der Waals surface area contributed by atoms with Crippen molar-refractivity contribution in [2.24, 2.45) is 0 Å². The summed E-state index contributed by atoms with van der Waals surface area (Å²) in [6.45, 7) is 1.26. The Labute approximate surface area is 124 Å². The minimum absolute atomic E-state index is 0.239. The lowest BCUT2D eigenvalue weighted by Gasteiger charge is -2.16. The maximum absolute atomic E-state index is 13.4. The van der Waals surface area contributed by atoms with Crippen molar-refractivity contribution in [3.8, 4) is 0 Å². The smallest absolute Gasteiger partial charge is 0.327 e. The summed E-state index contributed by atoms with van der Waals surface area (Å²) in [6.07, 6.45) is 7.54. The van der Waals surface area contributed by atoms with E-state index in [1.54, 1.807) is 0 Å². The van der Waals surface area contributed by atoms with Crippen LogP contribution in [0.4, 0.5) is 15.8 Å². The molecule has 0 aliphatic heterocycles. The first-order valence-electron chi connectivity index (χ1n) is 7.58. The van der Waals surface area contributed by atoms with Gasteiger partial charge in [0.2, 0.25) is 5.82 Å². The van der Waals surface area contributed by atoms with Gasteiger partial charge in [0.05, 0.1) is 4.92 Å². The highest BCUT2D eigenvalue weighted by Gasteiger charge is 2.19. The molecule has 116 valence electrons. The Morgan fingerprint density at radius 2 is 1.90 bits per heavy atom. The molecule has 1 aliphatic rings. The first-order chi connectivity index (χ1) is 10.2. The van der Waals surface area contributed by atoms with Crippen LogP contribution in [0.25, 0.3) is 0 Å². The maximum atomic E-state index is 13.4. The van der Waals surface area contributed by atoms with Gasteiger partial charge in [0.15, 0.2) is 0 Å². The number of para-hydroxylation sites is 1. The van der Waals surface area contributed by atoms with Crippen molar-refractivity contribution in [3.05, 3.63) is 34.1 Å². The van der Waals surface area contributed by atoms with E-state index in [1.807, 2.05) is 0 Å². The van der Waals surface area contributed by atoms with Crippen molar-refractivity contribution in [2.75, 3.05) is 18.4 Å². The van der Waals surface area contributed by atoms with E-state index in [9.17, 15) is 14.5 Å². The molecule has 0 radical (unpaired) electrons. The number of anilines is 1. The number of halogens is 1. The Morgan fingerprint density at radius 3 is 2.57 bits per heavy atom. The highest BCUT2D eigenvalue weighted by molar-refractivity contribution is 5.61. The Morgan fingerprint density at radius 1 is 1.19 bits per heavy atom. The Kier molecular flexibility index (Phi) is 5.92. The van der Waals surface area contributed by atoms with E-state index in [0.717, 1.165) is 12.6 Å². The largest absolute Gasteiger partial charge is 0.378 e. The number of nitrogens with one attached hydrogen (secondary N) is 2. The van der Waals surface area contributed by atoms with Crippen molar-refractivity contribution in [3.63, 3.8) is 0 Å². The molecule has 0 atom stereocenters. The molecule has 2 rings (SSSR count). The van der Waals surface area contributed by atoms with Crippen LogP contribution in [-0.4, -0.2) is 24.1 Å². The molecule has 6 heteroatoms. The van der Waals surface area contributed by atoms with Crippen LogP contribution in [-0.2, 0) is 0 Å². The molecule has 1 fully saturated rings. The van der Waals surface area contributed by atoms with Gasteiger partial charge in [-0.1, -0.05) is 31.7 Å². The second-order valence-electron chi connectivity index (χ2n) is 5.46. The predicted molar refractivity (Wildman–Crippen MR) is 81.0 cm³/mol. The van der Waals surface area contributed by atoms with Crippen LogP contribution in [0, 0.1) is 15.9 Å². The molecule has 21 heavy (non-hydrogen) atoms. The molecule has 0 heterocycles. The third-order valence-corrected chi connectivity index (χ3v) is 3.90. The molecule has 1 saturated carbocycles. The van der Waals surface area contributed by atoms with Gasteiger partial charge in [-0.3, -0.25) is 10.1 Å². The number of nitro benzene ring substituents is 1. The van der Waals surface area contributed by atoms with Gasteiger partial charge < -0.3 is 10.6 Å². The van der Waals surface area contributed by atoms with Crippen LogP contribution < -0.4 is 10.6 Å². The lowest BCUT2D eigenvalue weighted by atomic mass is 10.1. The van der Waals surface area contributed by atoms with E-state index in [-0.39, 0.29) is 5.69 Å². The summed E-state index contributed by atoms with van der Waals surface area (Å²) >= 11 is 0. The van der Waals surface area contributed by atoms with Gasteiger partial charge in [0, 0.05) is 19.1 Å². The summed E-state index contributed by atoms with van der Waals surface area (Å²) < 4.78 is 13.4. The molecule has 0 unspecified atom stereocenters.